The summed E-state index contributed by atoms with van der Waals surface area (Å²) in [6.45, 7) is 7.06. The van der Waals surface area contributed by atoms with Gasteiger partial charge in [-0.05, 0) is 31.9 Å². The maximum atomic E-state index is 12.2. The molecule has 0 aromatic heterocycles. The van der Waals surface area contributed by atoms with Crippen LogP contribution in [0.3, 0.4) is 0 Å². The van der Waals surface area contributed by atoms with Crippen molar-refractivity contribution in [1.29, 1.82) is 0 Å². The Balaban J connectivity index is 1.82. The number of quaternary nitrogens is 1. The molecule has 0 unspecified atom stereocenters. The first-order valence-corrected chi connectivity index (χ1v) is 9.34. The Morgan fingerprint density at radius 3 is 2.71 bits per heavy atom. The minimum absolute atomic E-state index is 0.0636. The molecule has 0 bridgehead atoms. The van der Waals surface area contributed by atoms with Gasteiger partial charge in [0.15, 0.2) is 6.54 Å². The highest BCUT2D eigenvalue weighted by Crippen LogP contribution is 2.27. The van der Waals surface area contributed by atoms with Gasteiger partial charge in [0.1, 0.15) is 0 Å². The van der Waals surface area contributed by atoms with E-state index in [4.69, 9.17) is 4.74 Å². The second-order valence-corrected chi connectivity index (χ2v) is 6.30. The molecule has 1 aliphatic heterocycles. The highest BCUT2D eigenvalue weighted by molar-refractivity contribution is 5.94. The lowest BCUT2D eigenvalue weighted by atomic mass is 10.2. The lowest BCUT2D eigenvalue weighted by Crippen LogP contribution is -2.86. The standard InChI is InChI=1S/C19H31N3O2/c1-2-24-15-9-12-20-16-19(23)21-17-10-5-6-11-18(17)22-13-7-3-4-8-14-22/h5-6,10-11,20H,2-4,7-9,12-16H2,1H3,(H,21,23)/p+1. The van der Waals surface area contributed by atoms with E-state index in [0.29, 0.717) is 6.54 Å². The van der Waals surface area contributed by atoms with E-state index in [1.54, 1.807) is 0 Å². The summed E-state index contributed by atoms with van der Waals surface area (Å²) >= 11 is 0. The Morgan fingerprint density at radius 2 is 1.96 bits per heavy atom. The van der Waals surface area contributed by atoms with Crippen molar-refractivity contribution in [3.8, 4) is 0 Å². The summed E-state index contributed by atoms with van der Waals surface area (Å²) in [4.78, 5) is 14.6. The first-order valence-electron chi connectivity index (χ1n) is 9.34. The number of nitrogens with two attached hydrogens (primary N) is 1. The fourth-order valence-corrected chi connectivity index (χ4v) is 3.08. The number of carbonyl (C=O) groups is 1. The third-order valence-electron chi connectivity index (χ3n) is 4.36. The molecule has 3 N–H and O–H groups in total. The first-order chi connectivity index (χ1) is 11.8. The molecule has 1 heterocycles. The minimum Gasteiger partial charge on any atom is -0.382 e. The molecule has 5 nitrogen and oxygen atoms in total. The first kappa shape index (κ1) is 18.7. The predicted molar refractivity (Wildman–Crippen MR) is 98.5 cm³/mol. The number of carbonyl (C=O) groups excluding carboxylic acids is 1. The molecular weight excluding hydrogens is 302 g/mol. The van der Waals surface area contributed by atoms with Gasteiger partial charge in [0.2, 0.25) is 0 Å². The molecule has 1 aromatic carbocycles. The molecule has 0 saturated carbocycles. The monoisotopic (exact) mass is 334 g/mol. The van der Waals surface area contributed by atoms with Gasteiger partial charge in [0.25, 0.3) is 5.91 Å². The van der Waals surface area contributed by atoms with Gasteiger partial charge in [-0.25, -0.2) is 0 Å². The van der Waals surface area contributed by atoms with Crippen molar-refractivity contribution in [2.45, 2.75) is 39.0 Å². The van der Waals surface area contributed by atoms with Crippen LogP contribution in [0.15, 0.2) is 24.3 Å². The van der Waals surface area contributed by atoms with Crippen molar-refractivity contribution in [1.82, 2.24) is 0 Å². The molecule has 1 amide bonds. The molecule has 0 radical (unpaired) electrons. The van der Waals surface area contributed by atoms with Gasteiger partial charge >= 0.3 is 0 Å². The van der Waals surface area contributed by atoms with E-state index in [9.17, 15) is 4.79 Å². The van der Waals surface area contributed by atoms with Gasteiger partial charge < -0.3 is 20.3 Å². The number of hydrogen-bond donors (Lipinski definition) is 2. The predicted octanol–water partition coefficient (Wildman–Crippen LogP) is 2.00. The third kappa shape index (κ3) is 6.49. The molecule has 0 spiro atoms. The maximum Gasteiger partial charge on any atom is 0.279 e. The molecule has 24 heavy (non-hydrogen) atoms. The van der Waals surface area contributed by atoms with Crippen LogP contribution in [0.1, 0.15) is 39.0 Å². The van der Waals surface area contributed by atoms with E-state index >= 15 is 0 Å². The van der Waals surface area contributed by atoms with E-state index in [-0.39, 0.29) is 5.91 Å². The van der Waals surface area contributed by atoms with Gasteiger partial charge in [-0.15, -0.1) is 0 Å². The molecule has 1 saturated heterocycles. The number of amides is 1. The van der Waals surface area contributed by atoms with Crippen LogP contribution in [0, 0.1) is 0 Å². The van der Waals surface area contributed by atoms with Crippen LogP contribution in [0.2, 0.25) is 0 Å². The molecule has 1 aliphatic rings. The fourth-order valence-electron chi connectivity index (χ4n) is 3.08. The number of anilines is 2. The lowest BCUT2D eigenvalue weighted by molar-refractivity contribution is -0.644. The van der Waals surface area contributed by atoms with Crippen LogP contribution in [0.25, 0.3) is 0 Å². The summed E-state index contributed by atoms with van der Waals surface area (Å²) < 4.78 is 5.30. The summed E-state index contributed by atoms with van der Waals surface area (Å²) in [7, 11) is 0. The molecule has 1 fully saturated rings. The van der Waals surface area contributed by atoms with Gasteiger partial charge in [-0.2, -0.15) is 0 Å². The summed E-state index contributed by atoms with van der Waals surface area (Å²) in [5.74, 6) is 0.0636. The highest BCUT2D eigenvalue weighted by Gasteiger charge is 2.15. The summed E-state index contributed by atoms with van der Waals surface area (Å²) in [5, 5.41) is 5.13. The lowest BCUT2D eigenvalue weighted by Gasteiger charge is -2.25. The summed E-state index contributed by atoms with van der Waals surface area (Å²) in [5.41, 5.74) is 2.09. The summed E-state index contributed by atoms with van der Waals surface area (Å²) in [6, 6.07) is 8.17. The highest BCUT2D eigenvalue weighted by atomic mass is 16.5. The van der Waals surface area contributed by atoms with Gasteiger partial charge in [0.05, 0.1) is 24.5 Å². The third-order valence-corrected chi connectivity index (χ3v) is 4.36. The number of benzene rings is 1. The molecular formula is C19H32N3O2+. The Morgan fingerprint density at radius 1 is 1.21 bits per heavy atom. The Hall–Kier alpha value is -1.59. The average molecular weight is 334 g/mol. The summed E-state index contributed by atoms with van der Waals surface area (Å²) in [6.07, 6.45) is 6.06. The smallest absolute Gasteiger partial charge is 0.279 e. The number of rotatable bonds is 9. The molecule has 2 rings (SSSR count). The second-order valence-electron chi connectivity index (χ2n) is 6.30. The minimum atomic E-state index is 0.0636. The van der Waals surface area contributed by atoms with Gasteiger partial charge in [-0.3, -0.25) is 4.79 Å². The van der Waals surface area contributed by atoms with Crippen LogP contribution in [-0.2, 0) is 9.53 Å². The van der Waals surface area contributed by atoms with E-state index in [0.717, 1.165) is 50.6 Å². The number of nitrogens with zero attached hydrogens (tertiary/aromatic N) is 1. The van der Waals surface area contributed by atoms with Crippen molar-refractivity contribution < 1.29 is 14.8 Å². The molecule has 0 atom stereocenters. The maximum absolute atomic E-state index is 12.2. The van der Waals surface area contributed by atoms with Crippen LogP contribution < -0.4 is 15.5 Å². The van der Waals surface area contributed by atoms with Crippen molar-refractivity contribution in [3.05, 3.63) is 24.3 Å². The zero-order chi connectivity index (χ0) is 17.0. The van der Waals surface area contributed by atoms with E-state index < -0.39 is 0 Å². The number of nitrogens with one attached hydrogen (secondary N) is 1. The van der Waals surface area contributed by atoms with Crippen molar-refractivity contribution >= 4 is 17.3 Å². The normalized spacial score (nSPS) is 15.1. The number of ether oxygens (including phenoxy) is 1. The Labute approximate surface area is 145 Å². The zero-order valence-electron chi connectivity index (χ0n) is 14.9. The molecule has 1 aromatic rings. The average Bonchev–Trinajstić information content (AvgIpc) is 2.88. The van der Waals surface area contributed by atoms with Crippen molar-refractivity contribution in [2.75, 3.05) is 49.6 Å². The Kier molecular flexibility index (Phi) is 8.63. The molecule has 134 valence electrons. The van der Waals surface area contributed by atoms with Gasteiger partial charge in [0, 0.05) is 26.1 Å². The zero-order valence-corrected chi connectivity index (χ0v) is 14.9. The number of hydrogen-bond acceptors (Lipinski definition) is 3. The van der Waals surface area contributed by atoms with E-state index in [2.05, 4.69) is 22.3 Å². The second kappa shape index (κ2) is 11.0. The van der Waals surface area contributed by atoms with E-state index in [1.807, 2.05) is 24.4 Å². The molecule has 5 heteroatoms. The quantitative estimate of drug-likeness (QED) is 0.679. The van der Waals surface area contributed by atoms with Crippen molar-refractivity contribution in [3.63, 3.8) is 0 Å². The SMILES string of the molecule is CCOCCC[NH2+]CC(=O)Nc1ccccc1N1CCCCCC1. The van der Waals surface area contributed by atoms with E-state index in [1.165, 1.54) is 25.7 Å². The Bertz CT molecular complexity index is 485. The molecule has 0 aliphatic carbocycles. The topological polar surface area (TPSA) is 58.2 Å². The largest absolute Gasteiger partial charge is 0.382 e. The van der Waals surface area contributed by atoms with Crippen LogP contribution in [-0.4, -0.2) is 45.3 Å². The van der Waals surface area contributed by atoms with Crippen LogP contribution in [0.4, 0.5) is 11.4 Å². The number of para-hydroxylation sites is 2. The fraction of sp³-hybridized carbons (Fsp3) is 0.632. The van der Waals surface area contributed by atoms with Crippen LogP contribution >= 0.6 is 0 Å². The van der Waals surface area contributed by atoms with Gasteiger partial charge in [-0.1, -0.05) is 25.0 Å². The van der Waals surface area contributed by atoms with Crippen LogP contribution in [0.5, 0.6) is 0 Å². The van der Waals surface area contributed by atoms with Crippen molar-refractivity contribution in [2.24, 2.45) is 0 Å².